The van der Waals surface area contributed by atoms with Gasteiger partial charge in [0.05, 0.1) is 32.0 Å². The minimum atomic E-state index is -1.16. The second-order valence-electron chi connectivity index (χ2n) is 15.8. The zero-order valence-corrected chi connectivity index (χ0v) is 31.4. The summed E-state index contributed by atoms with van der Waals surface area (Å²) in [5, 5.41) is 48.3. The maximum Gasteiger partial charge on any atom is 0.160 e. The van der Waals surface area contributed by atoms with Crippen LogP contribution >= 0.6 is 0 Å². The largest absolute Gasteiger partial charge is 0.504 e. The van der Waals surface area contributed by atoms with Crippen molar-refractivity contribution in [2.75, 3.05) is 25.9 Å². The fourth-order valence-electron chi connectivity index (χ4n) is 8.74. The van der Waals surface area contributed by atoms with Crippen LogP contribution in [0.1, 0.15) is 98.8 Å². The number of methoxy groups -OCH3 is 1. The number of aryl methyl sites for hydroxylation is 2. The van der Waals surface area contributed by atoms with Gasteiger partial charge in [0.15, 0.2) is 17.3 Å². The zero-order chi connectivity index (χ0) is 38.2. The first-order chi connectivity index (χ1) is 26.1. The van der Waals surface area contributed by atoms with Crippen molar-refractivity contribution in [1.29, 1.82) is 0 Å². The molecule has 1 aromatic carbocycles. The number of pyridine rings is 1. The van der Waals surface area contributed by atoms with Gasteiger partial charge in [0, 0.05) is 50.1 Å². The van der Waals surface area contributed by atoms with E-state index in [1.165, 1.54) is 7.11 Å². The number of unbranched alkanes of at least 4 members (excludes halogenated alkanes) is 1. The Balaban J connectivity index is 1.10. The average molecular weight is 741 g/mol. The second kappa shape index (κ2) is 18.5. The summed E-state index contributed by atoms with van der Waals surface area (Å²) in [5.74, 6) is 6.70. The number of anilines is 1. The van der Waals surface area contributed by atoms with Crippen LogP contribution in [-0.4, -0.2) is 87.7 Å². The number of carbonyl (C=O) groups excluding carboxylic acids is 2. The molecule has 6 rings (SSSR count). The Morgan fingerprint density at radius 2 is 1.89 bits per heavy atom. The number of Topliss-reactive ketones (excluding diaryl/α,β-unsaturated/α-hetero) is 2. The highest BCUT2D eigenvalue weighted by Crippen LogP contribution is 2.37. The van der Waals surface area contributed by atoms with Gasteiger partial charge in [-0.25, -0.2) is 4.98 Å². The number of hydrogen-bond donors (Lipinski definition) is 6. The van der Waals surface area contributed by atoms with Crippen molar-refractivity contribution >= 4 is 23.6 Å². The number of allylic oxidation sites excluding steroid dienone is 1. The number of aliphatic imine (C=N–C) groups is 1. The number of aromatic nitrogens is 1. The van der Waals surface area contributed by atoms with Crippen LogP contribution in [0.25, 0.3) is 0 Å². The Morgan fingerprint density at radius 1 is 1.04 bits per heavy atom. The standard InChI is InChI=1S/C43H56N4O7/c1-54-42-19-30-9-12-38(50)34(37(49)5-3-2-4-26-16-31-6-10-33(48)21-36(31)46-24-26)11-7-29(35(30)22-41(42)53)18-40(52)39(51)13-8-28-20-43(44)47-25-32(28)17-27-14-15-45-23-27/h14,19-20,22-23,25-26,29,31,34,36-37,39-40,46,49,51-53H,2-6,8-10,12-13,15-18,21,24H2,1H3,(H2,44,47). The maximum absolute atomic E-state index is 13.6. The number of benzene rings is 1. The van der Waals surface area contributed by atoms with Gasteiger partial charge in [-0.2, -0.15) is 0 Å². The number of aliphatic hydroxyl groups is 3. The number of aromatic hydroxyl groups is 1. The first-order valence-electron chi connectivity index (χ1n) is 19.7. The van der Waals surface area contributed by atoms with E-state index in [2.05, 4.69) is 33.2 Å². The van der Waals surface area contributed by atoms with Crippen LogP contribution in [0.3, 0.4) is 0 Å². The summed E-state index contributed by atoms with van der Waals surface area (Å²) in [6.45, 7) is 1.58. The Bertz CT molecular complexity index is 1780. The molecule has 8 atom stereocenters. The maximum atomic E-state index is 13.6. The van der Waals surface area contributed by atoms with Crippen LogP contribution < -0.4 is 15.8 Å². The average Bonchev–Trinajstić information content (AvgIpc) is 3.69. The van der Waals surface area contributed by atoms with Crippen molar-refractivity contribution in [2.45, 2.75) is 120 Å². The second-order valence-corrected chi connectivity index (χ2v) is 15.8. The molecule has 290 valence electrons. The van der Waals surface area contributed by atoms with E-state index in [1.807, 2.05) is 12.3 Å². The monoisotopic (exact) mass is 740 g/mol. The highest BCUT2D eigenvalue weighted by atomic mass is 16.5. The number of rotatable bonds is 15. The Kier molecular flexibility index (Phi) is 13.6. The van der Waals surface area contributed by atoms with Crippen molar-refractivity contribution in [1.82, 2.24) is 10.3 Å². The Labute approximate surface area is 318 Å². The van der Waals surface area contributed by atoms with Crippen molar-refractivity contribution in [3.05, 3.63) is 58.3 Å². The topological polar surface area (TPSA) is 188 Å². The number of phenolic OH excluding ortho intramolecular Hbond substituents is 1. The molecule has 2 aromatic rings. The molecule has 11 nitrogen and oxygen atoms in total. The van der Waals surface area contributed by atoms with Crippen LogP contribution in [0.4, 0.5) is 5.82 Å². The van der Waals surface area contributed by atoms with Gasteiger partial charge >= 0.3 is 0 Å². The predicted molar refractivity (Wildman–Crippen MR) is 207 cm³/mol. The number of nitrogens with one attached hydrogen (secondary N) is 1. The third-order valence-electron chi connectivity index (χ3n) is 11.9. The number of nitrogens with two attached hydrogens (primary N) is 1. The molecular formula is C43H56N4O7. The molecule has 3 heterocycles. The highest BCUT2D eigenvalue weighted by Gasteiger charge is 2.35. The van der Waals surface area contributed by atoms with Crippen molar-refractivity contribution in [3.63, 3.8) is 0 Å². The van der Waals surface area contributed by atoms with E-state index < -0.39 is 30.1 Å². The molecule has 2 aliphatic heterocycles. The minimum Gasteiger partial charge on any atom is -0.504 e. The number of hydrogen-bond acceptors (Lipinski definition) is 11. The van der Waals surface area contributed by atoms with E-state index in [0.29, 0.717) is 80.1 Å². The molecule has 2 aliphatic carbocycles. The Morgan fingerprint density at radius 3 is 2.69 bits per heavy atom. The van der Waals surface area contributed by atoms with Gasteiger partial charge in [-0.05, 0) is 116 Å². The lowest BCUT2D eigenvalue weighted by molar-refractivity contribution is -0.124. The molecule has 0 bridgehead atoms. The zero-order valence-electron chi connectivity index (χ0n) is 31.4. The third-order valence-corrected chi connectivity index (χ3v) is 11.9. The molecule has 4 aliphatic rings. The molecule has 1 saturated heterocycles. The molecule has 0 radical (unpaired) electrons. The summed E-state index contributed by atoms with van der Waals surface area (Å²) in [7, 11) is 1.46. The van der Waals surface area contributed by atoms with Gasteiger partial charge in [0.2, 0.25) is 0 Å². The lowest BCUT2D eigenvalue weighted by Gasteiger charge is -2.39. The molecule has 11 heteroatoms. The van der Waals surface area contributed by atoms with Crippen molar-refractivity contribution < 1.29 is 34.8 Å². The van der Waals surface area contributed by atoms with Gasteiger partial charge < -0.3 is 36.2 Å². The number of piperidine rings is 1. The summed E-state index contributed by atoms with van der Waals surface area (Å²) in [4.78, 5) is 33.9. The lowest BCUT2D eigenvalue weighted by Crippen LogP contribution is -2.48. The number of ketones is 2. The molecule has 1 saturated carbocycles. The molecule has 0 spiro atoms. The van der Waals surface area contributed by atoms with Crippen LogP contribution in [-0.2, 0) is 28.9 Å². The third kappa shape index (κ3) is 10.2. The van der Waals surface area contributed by atoms with Gasteiger partial charge in [-0.3, -0.25) is 14.6 Å². The van der Waals surface area contributed by atoms with E-state index in [0.717, 1.165) is 60.9 Å². The SMILES string of the molecule is COc1cc2c(cc1O)C(CC(O)C(O)CCc1cc(N)ncc1CC1=CCN=C1)C#CC(C(O)CCCCC1CNC3CC(=O)CCC3C1)C(=O)CC2. The number of aliphatic hydroxyl groups excluding tert-OH is 3. The molecule has 0 amide bonds. The van der Waals surface area contributed by atoms with Gasteiger partial charge in [0.25, 0.3) is 0 Å². The normalized spacial score (nSPS) is 25.6. The molecule has 8 unspecified atom stereocenters. The van der Waals surface area contributed by atoms with Gasteiger partial charge in [-0.1, -0.05) is 30.8 Å². The molecule has 54 heavy (non-hydrogen) atoms. The van der Waals surface area contributed by atoms with E-state index in [-0.39, 0.29) is 36.5 Å². The number of ether oxygens (including phenoxy) is 1. The quantitative estimate of drug-likeness (QED) is 0.114. The number of carbonyl (C=O) groups is 2. The van der Waals surface area contributed by atoms with Crippen LogP contribution in [0.5, 0.6) is 11.5 Å². The number of nitrogen functional groups attached to an aromatic ring is 1. The van der Waals surface area contributed by atoms with E-state index in [4.69, 9.17) is 10.5 Å². The molecular weight excluding hydrogens is 684 g/mol. The first-order valence-corrected chi connectivity index (χ1v) is 19.7. The molecule has 7 N–H and O–H groups in total. The number of fused-ring (bicyclic) bond motifs is 2. The predicted octanol–water partition coefficient (Wildman–Crippen LogP) is 4.16. The van der Waals surface area contributed by atoms with E-state index in [1.54, 1.807) is 18.3 Å². The summed E-state index contributed by atoms with van der Waals surface area (Å²) in [5.41, 5.74) is 10.5. The summed E-state index contributed by atoms with van der Waals surface area (Å²) >= 11 is 0. The summed E-state index contributed by atoms with van der Waals surface area (Å²) in [6.07, 6.45) is 11.1. The smallest absolute Gasteiger partial charge is 0.160 e. The number of phenols is 1. The fourth-order valence-corrected chi connectivity index (χ4v) is 8.74. The Hall–Kier alpha value is -4.08. The molecule has 2 fully saturated rings. The first kappa shape index (κ1) is 39.6. The van der Waals surface area contributed by atoms with Crippen molar-refractivity contribution in [3.8, 4) is 23.3 Å². The molecule has 1 aromatic heterocycles. The van der Waals surface area contributed by atoms with Crippen LogP contribution in [0, 0.1) is 29.6 Å². The van der Waals surface area contributed by atoms with E-state index >= 15 is 0 Å². The van der Waals surface area contributed by atoms with E-state index in [9.17, 15) is 30.0 Å². The minimum absolute atomic E-state index is 0.0596. The number of nitrogens with zero attached hydrogens (tertiary/aromatic N) is 2. The van der Waals surface area contributed by atoms with Gasteiger partial charge in [-0.15, -0.1) is 0 Å². The van der Waals surface area contributed by atoms with Crippen LogP contribution in [0.2, 0.25) is 0 Å². The lowest BCUT2D eigenvalue weighted by atomic mass is 9.74. The van der Waals surface area contributed by atoms with Crippen LogP contribution in [0.15, 0.2) is 41.0 Å². The fraction of sp³-hybridized carbons (Fsp3) is 0.581. The summed E-state index contributed by atoms with van der Waals surface area (Å²) in [6, 6.07) is 5.42. The van der Waals surface area contributed by atoms with Crippen molar-refractivity contribution in [2.24, 2.45) is 22.7 Å². The summed E-state index contributed by atoms with van der Waals surface area (Å²) < 4.78 is 5.38. The van der Waals surface area contributed by atoms with Gasteiger partial charge in [0.1, 0.15) is 17.5 Å². The highest BCUT2D eigenvalue weighted by molar-refractivity contribution is 5.85.